The molecule has 0 N–H and O–H groups in total. The molecule has 0 aliphatic rings. The van der Waals surface area contributed by atoms with Crippen LogP contribution in [0.15, 0.2) is 51.9 Å². The first-order valence-corrected chi connectivity index (χ1v) is 9.77. The van der Waals surface area contributed by atoms with Crippen LogP contribution >= 0.6 is 0 Å². The molecule has 7 heteroatoms. The summed E-state index contributed by atoms with van der Waals surface area (Å²) in [6.07, 6.45) is 0. The van der Waals surface area contributed by atoms with Crippen molar-refractivity contribution in [3.05, 3.63) is 59.5 Å². The Hall–Kier alpha value is -2.67. The summed E-state index contributed by atoms with van der Waals surface area (Å²) in [4.78, 5) is 4.42. The van der Waals surface area contributed by atoms with Crippen molar-refractivity contribution in [1.82, 2.24) is 10.1 Å². The van der Waals surface area contributed by atoms with Crippen LogP contribution in [0.2, 0.25) is 0 Å². The number of rotatable bonds is 5. The average molecular weight is 371 g/mol. The second kappa shape index (κ2) is 6.92. The predicted octanol–water partition coefficient (Wildman–Crippen LogP) is 3.88. The lowest BCUT2D eigenvalue weighted by molar-refractivity contribution is 0.394. The van der Waals surface area contributed by atoms with Crippen LogP contribution in [0.4, 0.5) is 5.69 Å². The highest BCUT2D eigenvalue weighted by Crippen LogP contribution is 2.29. The number of sulfonamides is 1. The van der Waals surface area contributed by atoms with E-state index in [0.717, 1.165) is 5.56 Å². The topological polar surface area (TPSA) is 76.3 Å². The summed E-state index contributed by atoms with van der Waals surface area (Å²) >= 11 is 0. The van der Waals surface area contributed by atoms with E-state index in [0.29, 0.717) is 35.1 Å². The van der Waals surface area contributed by atoms with Crippen LogP contribution in [0, 0.1) is 20.8 Å². The Balaban J connectivity index is 2.11. The number of aryl methyl sites for hydroxylation is 3. The van der Waals surface area contributed by atoms with Gasteiger partial charge in [0.15, 0.2) is 0 Å². The Morgan fingerprint density at radius 1 is 1.08 bits per heavy atom. The van der Waals surface area contributed by atoms with Crippen molar-refractivity contribution in [2.75, 3.05) is 10.8 Å². The number of benzene rings is 2. The SMILES string of the molecule is CCN(c1cccc(C)c1)S(=O)(=O)c1cc(-c2noc(C)n2)ccc1C. The van der Waals surface area contributed by atoms with Crippen molar-refractivity contribution in [2.45, 2.75) is 32.6 Å². The maximum absolute atomic E-state index is 13.3. The third-order valence-electron chi connectivity index (χ3n) is 4.12. The van der Waals surface area contributed by atoms with Crippen molar-refractivity contribution >= 4 is 15.7 Å². The van der Waals surface area contributed by atoms with Crippen molar-refractivity contribution in [3.8, 4) is 11.4 Å². The lowest BCUT2D eigenvalue weighted by Crippen LogP contribution is -2.31. The summed E-state index contributed by atoms with van der Waals surface area (Å²) in [6.45, 7) is 7.56. The largest absolute Gasteiger partial charge is 0.339 e. The van der Waals surface area contributed by atoms with E-state index < -0.39 is 10.0 Å². The zero-order valence-corrected chi connectivity index (χ0v) is 16.0. The quantitative estimate of drug-likeness (QED) is 0.680. The number of hydrogen-bond acceptors (Lipinski definition) is 5. The maximum atomic E-state index is 13.3. The molecule has 0 bridgehead atoms. The minimum atomic E-state index is -3.73. The van der Waals surface area contributed by atoms with Gasteiger partial charge in [-0.3, -0.25) is 4.31 Å². The van der Waals surface area contributed by atoms with Crippen LogP contribution in [-0.2, 0) is 10.0 Å². The molecule has 3 aromatic rings. The number of aromatic nitrogens is 2. The molecule has 3 rings (SSSR count). The molecular weight excluding hydrogens is 350 g/mol. The molecule has 0 unspecified atom stereocenters. The Kier molecular flexibility index (Phi) is 4.82. The van der Waals surface area contributed by atoms with E-state index >= 15 is 0 Å². The molecule has 0 saturated heterocycles. The number of anilines is 1. The molecule has 0 atom stereocenters. The van der Waals surface area contributed by atoms with Gasteiger partial charge in [-0.25, -0.2) is 8.42 Å². The van der Waals surface area contributed by atoms with Gasteiger partial charge in [-0.1, -0.05) is 29.4 Å². The normalized spacial score (nSPS) is 11.5. The molecule has 1 heterocycles. The summed E-state index contributed by atoms with van der Waals surface area (Å²) in [6, 6.07) is 12.6. The molecule has 0 aliphatic carbocycles. The molecule has 0 aliphatic heterocycles. The Labute approximate surface area is 153 Å². The third kappa shape index (κ3) is 3.35. The smallest absolute Gasteiger partial charge is 0.264 e. The summed E-state index contributed by atoms with van der Waals surface area (Å²) in [5.74, 6) is 0.803. The molecule has 1 aromatic heterocycles. The first-order chi connectivity index (χ1) is 12.3. The van der Waals surface area contributed by atoms with Crippen LogP contribution in [0.3, 0.4) is 0 Å². The Bertz CT molecular complexity index is 1040. The molecule has 0 radical (unpaired) electrons. The third-order valence-corrected chi connectivity index (χ3v) is 6.16. The second-order valence-corrected chi connectivity index (χ2v) is 7.96. The van der Waals surface area contributed by atoms with E-state index in [9.17, 15) is 8.42 Å². The highest BCUT2D eigenvalue weighted by Gasteiger charge is 2.26. The molecule has 26 heavy (non-hydrogen) atoms. The van der Waals surface area contributed by atoms with Gasteiger partial charge in [-0.05, 0) is 50.1 Å². The van der Waals surface area contributed by atoms with Gasteiger partial charge in [-0.2, -0.15) is 4.98 Å². The van der Waals surface area contributed by atoms with Gasteiger partial charge in [0.05, 0.1) is 10.6 Å². The van der Waals surface area contributed by atoms with Crippen LogP contribution in [0.25, 0.3) is 11.4 Å². The monoisotopic (exact) mass is 371 g/mol. The minimum absolute atomic E-state index is 0.237. The predicted molar refractivity (Wildman–Crippen MR) is 101 cm³/mol. The molecule has 6 nitrogen and oxygen atoms in total. The van der Waals surface area contributed by atoms with Gasteiger partial charge in [0, 0.05) is 19.0 Å². The van der Waals surface area contributed by atoms with Crippen LogP contribution < -0.4 is 4.31 Å². The molecular formula is C19H21N3O3S. The second-order valence-electron chi connectivity index (χ2n) is 6.13. The van der Waals surface area contributed by atoms with E-state index in [1.165, 1.54) is 4.31 Å². The van der Waals surface area contributed by atoms with Gasteiger partial charge >= 0.3 is 0 Å². The lowest BCUT2D eigenvalue weighted by Gasteiger charge is -2.24. The summed E-state index contributed by atoms with van der Waals surface area (Å²) in [5.41, 5.74) is 2.92. The first-order valence-electron chi connectivity index (χ1n) is 8.33. The lowest BCUT2D eigenvalue weighted by atomic mass is 10.1. The number of nitrogens with zero attached hydrogens (tertiary/aromatic N) is 3. The fourth-order valence-electron chi connectivity index (χ4n) is 2.83. The van der Waals surface area contributed by atoms with E-state index in [-0.39, 0.29) is 4.90 Å². The van der Waals surface area contributed by atoms with Crippen LogP contribution in [-0.4, -0.2) is 25.1 Å². The highest BCUT2D eigenvalue weighted by atomic mass is 32.2. The van der Waals surface area contributed by atoms with Gasteiger partial charge < -0.3 is 4.52 Å². The zero-order valence-electron chi connectivity index (χ0n) is 15.2. The molecule has 0 spiro atoms. The molecule has 2 aromatic carbocycles. The molecule has 0 fully saturated rings. The van der Waals surface area contributed by atoms with Crippen molar-refractivity contribution in [2.24, 2.45) is 0 Å². The van der Waals surface area contributed by atoms with Gasteiger partial charge in [0.25, 0.3) is 10.0 Å². The van der Waals surface area contributed by atoms with Crippen molar-refractivity contribution in [3.63, 3.8) is 0 Å². The maximum Gasteiger partial charge on any atom is 0.264 e. The van der Waals surface area contributed by atoms with Crippen molar-refractivity contribution < 1.29 is 12.9 Å². The molecule has 0 saturated carbocycles. The van der Waals surface area contributed by atoms with Crippen LogP contribution in [0.5, 0.6) is 0 Å². The summed E-state index contributed by atoms with van der Waals surface area (Å²) in [5, 5.41) is 3.88. The van der Waals surface area contributed by atoms with E-state index in [1.807, 2.05) is 32.0 Å². The van der Waals surface area contributed by atoms with E-state index in [1.54, 1.807) is 38.1 Å². The fraction of sp³-hybridized carbons (Fsp3) is 0.263. The highest BCUT2D eigenvalue weighted by molar-refractivity contribution is 7.92. The standard InChI is InChI=1S/C19H21N3O3S/c1-5-22(17-8-6-7-13(2)11-17)26(23,24)18-12-16(10-9-14(18)3)19-20-15(4)25-21-19/h6-12H,5H2,1-4H3. The average Bonchev–Trinajstić information content (AvgIpc) is 3.02. The van der Waals surface area contributed by atoms with E-state index in [4.69, 9.17) is 4.52 Å². The number of hydrogen-bond donors (Lipinski definition) is 0. The molecule has 136 valence electrons. The van der Waals surface area contributed by atoms with Crippen molar-refractivity contribution in [1.29, 1.82) is 0 Å². The summed E-state index contributed by atoms with van der Waals surface area (Å²) < 4.78 is 33.1. The first kappa shape index (κ1) is 18.1. The van der Waals surface area contributed by atoms with E-state index in [2.05, 4.69) is 10.1 Å². The van der Waals surface area contributed by atoms with Gasteiger partial charge in [0.2, 0.25) is 11.7 Å². The Morgan fingerprint density at radius 3 is 2.46 bits per heavy atom. The fourth-order valence-corrected chi connectivity index (χ4v) is 4.55. The van der Waals surface area contributed by atoms with Gasteiger partial charge in [-0.15, -0.1) is 0 Å². The summed E-state index contributed by atoms with van der Waals surface area (Å²) in [7, 11) is -3.73. The van der Waals surface area contributed by atoms with Crippen LogP contribution in [0.1, 0.15) is 23.9 Å². The van der Waals surface area contributed by atoms with Gasteiger partial charge in [0.1, 0.15) is 0 Å². The Morgan fingerprint density at radius 2 is 1.85 bits per heavy atom. The minimum Gasteiger partial charge on any atom is -0.339 e. The zero-order chi connectivity index (χ0) is 18.9. The molecule has 0 amide bonds.